The van der Waals surface area contributed by atoms with Crippen molar-refractivity contribution in [1.82, 2.24) is 10.2 Å². The minimum Gasteiger partial charge on any atom is -0.496 e. The minimum absolute atomic E-state index is 0.0832. The van der Waals surface area contributed by atoms with Crippen molar-refractivity contribution in [2.24, 2.45) is 5.73 Å². The van der Waals surface area contributed by atoms with E-state index in [0.717, 1.165) is 42.8 Å². The zero-order chi connectivity index (χ0) is 19.2. The van der Waals surface area contributed by atoms with E-state index in [1.807, 2.05) is 53.4 Å². The Labute approximate surface area is 159 Å². The van der Waals surface area contributed by atoms with Gasteiger partial charge in [-0.25, -0.2) is 0 Å². The Morgan fingerprint density at radius 3 is 2.59 bits per heavy atom. The molecule has 0 radical (unpaired) electrons. The highest BCUT2D eigenvalue weighted by atomic mass is 16.5. The molecule has 2 aromatic rings. The fourth-order valence-electron chi connectivity index (χ4n) is 3.44. The number of likely N-dealkylation sites (tertiary alicyclic amines) is 1. The number of carbonyl (C=O) groups is 2. The van der Waals surface area contributed by atoms with E-state index in [1.165, 1.54) is 0 Å². The molecule has 0 aromatic heterocycles. The van der Waals surface area contributed by atoms with Crippen molar-refractivity contribution in [3.63, 3.8) is 0 Å². The van der Waals surface area contributed by atoms with E-state index in [0.29, 0.717) is 5.56 Å². The van der Waals surface area contributed by atoms with E-state index in [-0.39, 0.29) is 24.4 Å². The Bertz CT molecular complexity index is 814. The third-order valence-corrected chi connectivity index (χ3v) is 4.84. The van der Waals surface area contributed by atoms with Gasteiger partial charge in [-0.05, 0) is 36.6 Å². The molecule has 6 nitrogen and oxygen atoms in total. The van der Waals surface area contributed by atoms with Crippen molar-refractivity contribution >= 4 is 11.8 Å². The van der Waals surface area contributed by atoms with Crippen LogP contribution in [0.3, 0.4) is 0 Å². The molecule has 0 atom stereocenters. The average Bonchev–Trinajstić information content (AvgIpc) is 2.69. The lowest BCUT2D eigenvalue weighted by atomic mass is 10.0. The van der Waals surface area contributed by atoms with E-state index < -0.39 is 0 Å². The van der Waals surface area contributed by atoms with Gasteiger partial charge in [-0.1, -0.05) is 30.3 Å². The second-order valence-corrected chi connectivity index (χ2v) is 6.77. The van der Waals surface area contributed by atoms with Crippen LogP contribution in [0.2, 0.25) is 0 Å². The highest BCUT2D eigenvalue weighted by Gasteiger charge is 2.22. The molecule has 1 aliphatic heterocycles. The van der Waals surface area contributed by atoms with Gasteiger partial charge in [0, 0.05) is 30.3 Å². The first-order valence-corrected chi connectivity index (χ1v) is 9.12. The number of nitrogens with two attached hydrogens (primary N) is 1. The number of hydrogen-bond acceptors (Lipinski definition) is 4. The van der Waals surface area contributed by atoms with Gasteiger partial charge < -0.3 is 15.8 Å². The van der Waals surface area contributed by atoms with Crippen molar-refractivity contribution in [3.05, 3.63) is 54.1 Å². The summed E-state index contributed by atoms with van der Waals surface area (Å²) in [4.78, 5) is 25.7. The van der Waals surface area contributed by atoms with Gasteiger partial charge in [-0.2, -0.15) is 0 Å². The van der Waals surface area contributed by atoms with Crippen LogP contribution in [0, 0.1) is 0 Å². The zero-order valence-corrected chi connectivity index (χ0v) is 15.5. The number of rotatable bonds is 6. The third kappa shape index (κ3) is 4.86. The molecule has 1 saturated heterocycles. The Morgan fingerprint density at radius 1 is 1.15 bits per heavy atom. The molecule has 142 valence electrons. The maximum absolute atomic E-state index is 12.7. The van der Waals surface area contributed by atoms with Crippen LogP contribution < -0.4 is 15.8 Å². The predicted molar refractivity (Wildman–Crippen MR) is 105 cm³/mol. The van der Waals surface area contributed by atoms with Gasteiger partial charge in [0.2, 0.25) is 5.91 Å². The van der Waals surface area contributed by atoms with Gasteiger partial charge in [0.15, 0.2) is 0 Å². The average molecular weight is 367 g/mol. The highest BCUT2D eigenvalue weighted by molar-refractivity contribution is 5.95. The zero-order valence-electron chi connectivity index (χ0n) is 15.5. The molecule has 3 N–H and O–H groups in total. The molecule has 1 aliphatic rings. The van der Waals surface area contributed by atoms with Crippen LogP contribution >= 0.6 is 0 Å². The Kier molecular flexibility index (Phi) is 6.08. The number of primary amides is 1. The number of methoxy groups -OCH3 is 1. The smallest absolute Gasteiger partial charge is 0.251 e. The van der Waals surface area contributed by atoms with E-state index in [4.69, 9.17) is 10.5 Å². The number of benzene rings is 2. The van der Waals surface area contributed by atoms with Crippen molar-refractivity contribution in [2.45, 2.75) is 18.9 Å². The first-order chi connectivity index (χ1) is 13.1. The SMILES string of the molecule is COc1ccccc1-c1cccc(C(=O)NC2CCN(CC(N)=O)CC2)c1. The largest absolute Gasteiger partial charge is 0.496 e. The minimum atomic E-state index is -0.314. The quantitative estimate of drug-likeness (QED) is 0.818. The van der Waals surface area contributed by atoms with E-state index in [1.54, 1.807) is 7.11 Å². The summed E-state index contributed by atoms with van der Waals surface area (Å²) < 4.78 is 5.42. The topological polar surface area (TPSA) is 84.7 Å². The molecule has 0 bridgehead atoms. The maximum atomic E-state index is 12.7. The van der Waals surface area contributed by atoms with Crippen LogP contribution in [-0.4, -0.2) is 49.5 Å². The number of nitrogens with zero attached hydrogens (tertiary/aromatic N) is 1. The Hall–Kier alpha value is -2.86. The summed E-state index contributed by atoms with van der Waals surface area (Å²) >= 11 is 0. The van der Waals surface area contributed by atoms with Gasteiger partial charge >= 0.3 is 0 Å². The molecule has 2 amide bonds. The van der Waals surface area contributed by atoms with Crippen molar-refractivity contribution < 1.29 is 14.3 Å². The van der Waals surface area contributed by atoms with E-state index in [2.05, 4.69) is 5.32 Å². The summed E-state index contributed by atoms with van der Waals surface area (Å²) in [7, 11) is 1.64. The van der Waals surface area contributed by atoms with Crippen molar-refractivity contribution in [3.8, 4) is 16.9 Å². The van der Waals surface area contributed by atoms with E-state index >= 15 is 0 Å². The number of para-hydroxylation sites is 1. The number of nitrogens with one attached hydrogen (secondary N) is 1. The lowest BCUT2D eigenvalue weighted by Crippen LogP contribution is -2.46. The lowest BCUT2D eigenvalue weighted by molar-refractivity contribution is -0.119. The standard InChI is InChI=1S/C21H25N3O3/c1-27-19-8-3-2-7-18(19)15-5-4-6-16(13-15)21(26)23-17-9-11-24(12-10-17)14-20(22)25/h2-8,13,17H,9-12,14H2,1H3,(H2,22,25)(H,23,26). The lowest BCUT2D eigenvalue weighted by Gasteiger charge is -2.31. The summed E-state index contributed by atoms with van der Waals surface area (Å²) in [6, 6.07) is 15.4. The number of amides is 2. The number of piperidine rings is 1. The van der Waals surface area contributed by atoms with Crippen LogP contribution in [0.1, 0.15) is 23.2 Å². The van der Waals surface area contributed by atoms with Crippen LogP contribution in [0.25, 0.3) is 11.1 Å². The Balaban J connectivity index is 1.65. The number of carbonyl (C=O) groups excluding carboxylic acids is 2. The predicted octanol–water partition coefficient (Wildman–Crippen LogP) is 2.04. The monoisotopic (exact) mass is 367 g/mol. The first kappa shape index (κ1) is 18.9. The van der Waals surface area contributed by atoms with Crippen molar-refractivity contribution in [2.75, 3.05) is 26.7 Å². The van der Waals surface area contributed by atoms with Gasteiger partial charge in [-0.3, -0.25) is 14.5 Å². The van der Waals surface area contributed by atoms with Gasteiger partial charge in [0.25, 0.3) is 5.91 Å². The summed E-state index contributed by atoms with van der Waals surface area (Å²) in [5.74, 6) is 0.377. The van der Waals surface area contributed by atoms with Crippen LogP contribution in [0.5, 0.6) is 5.75 Å². The van der Waals surface area contributed by atoms with Crippen LogP contribution in [-0.2, 0) is 4.79 Å². The number of ether oxygens (including phenoxy) is 1. The molecule has 0 saturated carbocycles. The number of hydrogen-bond donors (Lipinski definition) is 2. The summed E-state index contributed by atoms with van der Waals surface area (Å²) in [6.45, 7) is 1.80. The molecule has 1 fully saturated rings. The molecular weight excluding hydrogens is 342 g/mol. The van der Waals surface area contributed by atoms with E-state index in [9.17, 15) is 9.59 Å². The van der Waals surface area contributed by atoms with Gasteiger partial charge in [0.1, 0.15) is 5.75 Å². The van der Waals surface area contributed by atoms with Gasteiger partial charge in [0.05, 0.1) is 13.7 Å². The normalized spacial score (nSPS) is 15.3. The third-order valence-electron chi connectivity index (χ3n) is 4.84. The van der Waals surface area contributed by atoms with Crippen LogP contribution in [0.4, 0.5) is 0 Å². The highest BCUT2D eigenvalue weighted by Crippen LogP contribution is 2.30. The van der Waals surface area contributed by atoms with Crippen molar-refractivity contribution in [1.29, 1.82) is 0 Å². The second kappa shape index (κ2) is 8.68. The molecule has 0 aliphatic carbocycles. The molecule has 0 spiro atoms. The maximum Gasteiger partial charge on any atom is 0.251 e. The summed E-state index contributed by atoms with van der Waals surface area (Å²) in [5, 5.41) is 3.10. The summed E-state index contributed by atoms with van der Waals surface area (Å²) in [5.41, 5.74) is 7.76. The molecule has 1 heterocycles. The molecule has 6 heteroatoms. The fourth-order valence-corrected chi connectivity index (χ4v) is 3.44. The summed E-state index contributed by atoms with van der Waals surface area (Å²) in [6.07, 6.45) is 1.62. The first-order valence-electron chi connectivity index (χ1n) is 9.12. The molecule has 0 unspecified atom stereocenters. The molecule has 2 aromatic carbocycles. The Morgan fingerprint density at radius 2 is 1.89 bits per heavy atom. The molecule has 27 heavy (non-hydrogen) atoms. The molecular formula is C21H25N3O3. The fraction of sp³-hybridized carbons (Fsp3) is 0.333. The second-order valence-electron chi connectivity index (χ2n) is 6.77. The molecule has 3 rings (SSSR count). The van der Waals surface area contributed by atoms with Gasteiger partial charge in [-0.15, -0.1) is 0 Å². The van der Waals surface area contributed by atoms with Crippen LogP contribution in [0.15, 0.2) is 48.5 Å².